The Morgan fingerprint density at radius 2 is 2.33 bits per heavy atom. The highest BCUT2D eigenvalue weighted by atomic mass is 35.5. The number of esters is 1. The lowest BCUT2D eigenvalue weighted by Crippen LogP contribution is -2.07. The maximum Gasteiger partial charge on any atom is 0.310 e. The van der Waals surface area contributed by atoms with Gasteiger partial charge in [-0.3, -0.25) is 4.79 Å². The van der Waals surface area contributed by atoms with Crippen LogP contribution in [0.25, 0.3) is 0 Å². The molecule has 0 unspecified atom stereocenters. The van der Waals surface area contributed by atoms with Gasteiger partial charge >= 0.3 is 5.97 Å². The summed E-state index contributed by atoms with van der Waals surface area (Å²) < 4.78 is 4.80. The first-order valence-corrected chi connectivity index (χ1v) is 4.89. The van der Waals surface area contributed by atoms with E-state index in [0.717, 1.165) is 5.56 Å². The fraction of sp³-hybridized carbons (Fsp3) is 0.273. The maximum atomic E-state index is 11.1. The summed E-state index contributed by atoms with van der Waals surface area (Å²) in [6, 6.07) is 6.85. The second kappa shape index (κ2) is 5.38. The zero-order valence-corrected chi connectivity index (χ0v) is 9.04. The van der Waals surface area contributed by atoms with Gasteiger partial charge in [0.25, 0.3) is 0 Å². The van der Waals surface area contributed by atoms with Gasteiger partial charge in [0.2, 0.25) is 0 Å². The summed E-state index contributed by atoms with van der Waals surface area (Å²) >= 11 is 5.82. The molecule has 0 aliphatic rings. The number of halogens is 1. The molecule has 0 saturated heterocycles. The number of nitriles is 1. The average Bonchev–Trinajstić information content (AvgIpc) is 2.18. The molecular weight excluding hydrogens is 214 g/mol. The molecule has 0 atom stereocenters. The van der Waals surface area contributed by atoms with Crippen LogP contribution < -0.4 is 0 Å². The molecule has 15 heavy (non-hydrogen) atoms. The van der Waals surface area contributed by atoms with Gasteiger partial charge in [-0.2, -0.15) is 5.26 Å². The molecule has 4 heteroatoms. The number of carbonyl (C=O) groups excluding carboxylic acids is 1. The molecule has 0 N–H and O–H groups in total. The zero-order chi connectivity index (χ0) is 11.3. The van der Waals surface area contributed by atoms with Crippen LogP contribution in [-0.4, -0.2) is 12.6 Å². The van der Waals surface area contributed by atoms with E-state index in [2.05, 4.69) is 0 Å². The summed E-state index contributed by atoms with van der Waals surface area (Å²) in [5.74, 6) is -0.293. The summed E-state index contributed by atoms with van der Waals surface area (Å²) in [5.41, 5.74) is 1.15. The standard InChI is InChI=1S/C11H10ClNO2/c1-2-15-11(14)6-8-3-4-9(7-13)10(12)5-8/h3-5H,2,6H2,1H3. The molecule has 0 aliphatic carbocycles. The predicted molar refractivity (Wildman–Crippen MR) is 56.5 cm³/mol. The largest absolute Gasteiger partial charge is 0.466 e. The minimum atomic E-state index is -0.293. The number of ether oxygens (including phenoxy) is 1. The topological polar surface area (TPSA) is 50.1 Å². The normalized spacial score (nSPS) is 9.40. The van der Waals surface area contributed by atoms with Crippen molar-refractivity contribution in [2.75, 3.05) is 6.61 Å². The average molecular weight is 224 g/mol. The Labute approximate surface area is 93.2 Å². The van der Waals surface area contributed by atoms with E-state index in [1.165, 1.54) is 0 Å². The van der Waals surface area contributed by atoms with Crippen molar-refractivity contribution < 1.29 is 9.53 Å². The van der Waals surface area contributed by atoms with E-state index in [1.54, 1.807) is 25.1 Å². The van der Waals surface area contributed by atoms with E-state index in [-0.39, 0.29) is 12.4 Å². The molecule has 0 radical (unpaired) electrons. The highest BCUT2D eigenvalue weighted by molar-refractivity contribution is 6.31. The molecule has 0 amide bonds. The van der Waals surface area contributed by atoms with Crippen molar-refractivity contribution >= 4 is 17.6 Å². The van der Waals surface area contributed by atoms with E-state index in [9.17, 15) is 4.79 Å². The fourth-order valence-electron chi connectivity index (χ4n) is 1.14. The Morgan fingerprint density at radius 3 is 2.87 bits per heavy atom. The quantitative estimate of drug-likeness (QED) is 0.739. The maximum absolute atomic E-state index is 11.1. The Morgan fingerprint density at radius 1 is 1.60 bits per heavy atom. The Bertz CT molecular complexity index is 410. The lowest BCUT2D eigenvalue weighted by Gasteiger charge is -2.03. The van der Waals surface area contributed by atoms with Crippen LogP contribution in [-0.2, 0) is 16.0 Å². The molecule has 0 bridgehead atoms. The fourth-order valence-corrected chi connectivity index (χ4v) is 1.38. The van der Waals surface area contributed by atoms with Gasteiger partial charge in [-0.25, -0.2) is 0 Å². The lowest BCUT2D eigenvalue weighted by atomic mass is 10.1. The summed E-state index contributed by atoms with van der Waals surface area (Å²) in [6.45, 7) is 2.12. The third-order valence-electron chi connectivity index (χ3n) is 1.81. The van der Waals surface area contributed by atoms with E-state index < -0.39 is 0 Å². The van der Waals surface area contributed by atoms with Crippen LogP contribution in [0.5, 0.6) is 0 Å². The molecule has 0 saturated carbocycles. The van der Waals surface area contributed by atoms with Crippen LogP contribution in [0.4, 0.5) is 0 Å². The molecule has 0 heterocycles. The molecule has 0 fully saturated rings. The van der Waals surface area contributed by atoms with Gasteiger partial charge in [0.1, 0.15) is 6.07 Å². The number of hydrogen-bond donors (Lipinski definition) is 0. The van der Waals surface area contributed by atoms with Crippen LogP contribution in [0.15, 0.2) is 18.2 Å². The van der Waals surface area contributed by atoms with Crippen LogP contribution in [0.1, 0.15) is 18.1 Å². The Hall–Kier alpha value is -1.53. The summed E-state index contributed by atoms with van der Waals surface area (Å²) in [4.78, 5) is 11.1. The number of rotatable bonds is 3. The molecule has 0 aliphatic heterocycles. The third-order valence-corrected chi connectivity index (χ3v) is 2.12. The summed E-state index contributed by atoms with van der Waals surface area (Å²) in [5, 5.41) is 9.01. The minimum Gasteiger partial charge on any atom is -0.466 e. The van der Waals surface area contributed by atoms with Crippen molar-refractivity contribution in [1.29, 1.82) is 5.26 Å². The minimum absolute atomic E-state index is 0.180. The third kappa shape index (κ3) is 3.26. The second-order valence-electron chi connectivity index (χ2n) is 2.91. The monoisotopic (exact) mass is 223 g/mol. The van der Waals surface area contributed by atoms with Gasteiger partial charge in [-0.05, 0) is 24.6 Å². The lowest BCUT2D eigenvalue weighted by molar-refractivity contribution is -0.142. The van der Waals surface area contributed by atoms with Crippen LogP contribution >= 0.6 is 11.6 Å². The first kappa shape index (κ1) is 11.5. The van der Waals surface area contributed by atoms with Gasteiger partial charge in [-0.15, -0.1) is 0 Å². The molecule has 1 rings (SSSR count). The SMILES string of the molecule is CCOC(=O)Cc1ccc(C#N)c(Cl)c1. The van der Waals surface area contributed by atoms with Crippen molar-refractivity contribution in [3.8, 4) is 6.07 Å². The van der Waals surface area contributed by atoms with E-state index >= 15 is 0 Å². The highest BCUT2D eigenvalue weighted by Crippen LogP contribution is 2.17. The van der Waals surface area contributed by atoms with Crippen molar-refractivity contribution in [3.63, 3.8) is 0 Å². The number of benzene rings is 1. The molecule has 78 valence electrons. The van der Waals surface area contributed by atoms with Crippen LogP contribution in [0.3, 0.4) is 0 Å². The molecule has 0 aromatic heterocycles. The van der Waals surface area contributed by atoms with Crippen LogP contribution in [0.2, 0.25) is 5.02 Å². The van der Waals surface area contributed by atoms with E-state index in [4.69, 9.17) is 21.6 Å². The summed E-state index contributed by atoms with van der Waals surface area (Å²) in [6.07, 6.45) is 0.180. The number of nitrogens with zero attached hydrogens (tertiary/aromatic N) is 1. The number of carbonyl (C=O) groups is 1. The van der Waals surface area contributed by atoms with Crippen molar-refractivity contribution in [3.05, 3.63) is 34.3 Å². The first-order valence-electron chi connectivity index (χ1n) is 4.51. The molecule has 1 aromatic carbocycles. The molecule has 1 aromatic rings. The van der Waals surface area contributed by atoms with Gasteiger partial charge in [0.05, 0.1) is 23.6 Å². The second-order valence-corrected chi connectivity index (χ2v) is 3.32. The molecule has 0 spiro atoms. The van der Waals surface area contributed by atoms with E-state index in [0.29, 0.717) is 17.2 Å². The smallest absolute Gasteiger partial charge is 0.310 e. The van der Waals surface area contributed by atoms with Gasteiger partial charge < -0.3 is 4.74 Å². The van der Waals surface area contributed by atoms with Crippen molar-refractivity contribution in [1.82, 2.24) is 0 Å². The number of hydrogen-bond acceptors (Lipinski definition) is 3. The zero-order valence-electron chi connectivity index (χ0n) is 8.29. The molecular formula is C11H10ClNO2. The van der Waals surface area contributed by atoms with E-state index in [1.807, 2.05) is 6.07 Å². The van der Waals surface area contributed by atoms with Crippen LogP contribution in [0, 0.1) is 11.3 Å². The predicted octanol–water partition coefficient (Wildman–Crippen LogP) is 2.32. The highest BCUT2D eigenvalue weighted by Gasteiger charge is 2.06. The Kier molecular flexibility index (Phi) is 4.14. The van der Waals surface area contributed by atoms with Gasteiger partial charge in [-0.1, -0.05) is 17.7 Å². The first-order chi connectivity index (χ1) is 7.17. The van der Waals surface area contributed by atoms with Crippen molar-refractivity contribution in [2.24, 2.45) is 0 Å². The summed E-state index contributed by atoms with van der Waals surface area (Å²) in [7, 11) is 0. The molecule has 3 nitrogen and oxygen atoms in total. The Balaban J connectivity index is 2.76. The van der Waals surface area contributed by atoms with Gasteiger partial charge in [0.15, 0.2) is 0 Å². The van der Waals surface area contributed by atoms with Crippen molar-refractivity contribution in [2.45, 2.75) is 13.3 Å². The van der Waals surface area contributed by atoms with Gasteiger partial charge in [0, 0.05) is 0 Å².